The lowest BCUT2D eigenvalue weighted by molar-refractivity contribution is -0.387. The van der Waals surface area contributed by atoms with Crippen LogP contribution >= 0.6 is 11.3 Å². The van der Waals surface area contributed by atoms with Crippen LogP contribution in [0.1, 0.15) is 5.01 Å². The van der Waals surface area contributed by atoms with Gasteiger partial charge < -0.3 is 14.8 Å². The van der Waals surface area contributed by atoms with Crippen molar-refractivity contribution in [1.29, 1.82) is 5.26 Å². The monoisotopic (exact) mass is 410 g/mol. The molecule has 2 aromatic carbocycles. The Kier molecular flexibility index (Phi) is 4.80. The third kappa shape index (κ3) is 3.71. The molecule has 0 saturated heterocycles. The van der Waals surface area contributed by atoms with Crippen molar-refractivity contribution >= 4 is 28.3 Å². The number of anilines is 1. The van der Waals surface area contributed by atoms with Gasteiger partial charge in [0.05, 0.1) is 10.6 Å². The molecule has 144 valence electrons. The minimum Gasteiger partial charge on any atom is -0.454 e. The minimum absolute atomic E-state index is 0.176. The first-order chi connectivity index (χ1) is 14.0. The number of nitrogens with zero attached hydrogens (tertiary/aromatic N) is 3. The lowest BCUT2D eigenvalue weighted by Gasteiger charge is -2.02. The largest absolute Gasteiger partial charge is 0.454 e. The second kappa shape index (κ2) is 7.57. The van der Waals surface area contributed by atoms with Gasteiger partial charge in [-0.1, -0.05) is 0 Å². The molecule has 0 atom stereocenters. The molecule has 0 spiro atoms. The molecule has 1 aliphatic rings. The molecule has 1 N–H and O–H groups in total. The highest BCUT2D eigenvalue weighted by molar-refractivity contribution is 7.11. The summed E-state index contributed by atoms with van der Waals surface area (Å²) in [5, 5.41) is 25.3. The number of rotatable bonds is 5. The first-order valence-corrected chi connectivity index (χ1v) is 9.10. The number of allylic oxidation sites excluding steroid dienone is 1. The van der Waals surface area contributed by atoms with Gasteiger partial charge in [-0.25, -0.2) is 4.98 Å². The van der Waals surface area contributed by atoms with Crippen molar-refractivity contribution in [2.75, 3.05) is 12.1 Å². The highest BCUT2D eigenvalue weighted by atomic mass is 32.1. The Morgan fingerprint density at radius 3 is 2.93 bits per heavy atom. The molecule has 3 aromatic rings. The SMILES string of the molecule is N#C/C(=C\Nc1ccc(F)c([N+](=O)[O-])c1)c1nc(-c2ccc3c(c2)OCO3)cs1. The molecule has 0 aliphatic carbocycles. The normalized spacial score (nSPS) is 12.5. The Morgan fingerprint density at radius 1 is 1.31 bits per heavy atom. The zero-order valence-corrected chi connectivity index (χ0v) is 15.4. The van der Waals surface area contributed by atoms with E-state index in [0.717, 1.165) is 17.7 Å². The van der Waals surface area contributed by atoms with Crippen molar-refractivity contribution in [3.63, 3.8) is 0 Å². The van der Waals surface area contributed by atoms with Crippen LogP contribution < -0.4 is 14.8 Å². The zero-order chi connectivity index (χ0) is 20.4. The first-order valence-electron chi connectivity index (χ1n) is 8.22. The summed E-state index contributed by atoms with van der Waals surface area (Å²) in [6, 6.07) is 10.9. The van der Waals surface area contributed by atoms with Gasteiger partial charge in [-0.3, -0.25) is 10.1 Å². The van der Waals surface area contributed by atoms with Crippen LogP contribution in [0, 0.1) is 27.3 Å². The summed E-state index contributed by atoms with van der Waals surface area (Å²) in [4.78, 5) is 14.5. The molecule has 2 heterocycles. The number of halogens is 1. The second-order valence-corrected chi connectivity index (χ2v) is 6.70. The number of hydrogen-bond donors (Lipinski definition) is 1. The number of nitro groups is 1. The number of hydrogen-bond acceptors (Lipinski definition) is 8. The molecule has 0 unspecified atom stereocenters. The third-order valence-corrected chi connectivity index (χ3v) is 4.92. The van der Waals surface area contributed by atoms with Gasteiger partial charge in [0.15, 0.2) is 11.5 Å². The predicted molar refractivity (Wildman–Crippen MR) is 104 cm³/mol. The van der Waals surface area contributed by atoms with Gasteiger partial charge in [-0.05, 0) is 30.3 Å². The molecule has 0 saturated carbocycles. The molecule has 10 heteroatoms. The molecule has 1 aliphatic heterocycles. The topological polar surface area (TPSA) is 110 Å². The standard InChI is InChI=1S/C19H11FN4O4S/c20-14-3-2-13(6-16(14)24(25)26)22-8-12(7-21)19-23-15(9-29-19)11-1-4-17-18(5-11)28-10-27-17/h1-6,8-9,22H,10H2/b12-8+. The Bertz CT molecular complexity index is 1190. The van der Waals surface area contributed by atoms with Gasteiger partial charge >= 0.3 is 5.69 Å². The van der Waals surface area contributed by atoms with E-state index in [9.17, 15) is 19.8 Å². The van der Waals surface area contributed by atoms with Crippen molar-refractivity contribution in [2.45, 2.75) is 0 Å². The van der Waals surface area contributed by atoms with Gasteiger partial charge in [0, 0.05) is 28.9 Å². The maximum Gasteiger partial charge on any atom is 0.306 e. The average molecular weight is 410 g/mol. The number of benzene rings is 2. The minimum atomic E-state index is -0.932. The summed E-state index contributed by atoms with van der Waals surface area (Å²) in [7, 11) is 0. The van der Waals surface area contributed by atoms with Gasteiger partial charge in [0.2, 0.25) is 12.6 Å². The number of nitrogens with one attached hydrogen (secondary N) is 1. The fourth-order valence-electron chi connectivity index (χ4n) is 2.63. The van der Waals surface area contributed by atoms with Gasteiger partial charge in [-0.15, -0.1) is 11.3 Å². The fraction of sp³-hybridized carbons (Fsp3) is 0.0526. The summed E-state index contributed by atoms with van der Waals surface area (Å²) in [5.74, 6) is 0.366. The van der Waals surface area contributed by atoms with E-state index >= 15 is 0 Å². The van der Waals surface area contributed by atoms with Crippen molar-refractivity contribution in [1.82, 2.24) is 4.98 Å². The van der Waals surface area contributed by atoms with E-state index in [0.29, 0.717) is 22.2 Å². The molecule has 8 nitrogen and oxygen atoms in total. The molecule has 1 aromatic heterocycles. The smallest absolute Gasteiger partial charge is 0.306 e. The number of aromatic nitrogens is 1. The summed E-state index contributed by atoms with van der Waals surface area (Å²) in [6.07, 6.45) is 1.37. The number of thiazole rings is 1. The molecule has 29 heavy (non-hydrogen) atoms. The Morgan fingerprint density at radius 2 is 2.14 bits per heavy atom. The van der Waals surface area contributed by atoms with Crippen LogP contribution in [0.3, 0.4) is 0 Å². The maximum absolute atomic E-state index is 13.4. The van der Waals surface area contributed by atoms with Crippen molar-refractivity contribution in [3.8, 4) is 28.8 Å². The summed E-state index contributed by atoms with van der Waals surface area (Å²) in [5.41, 5.74) is 1.34. The Hall–Kier alpha value is -3.97. The highest BCUT2D eigenvalue weighted by Gasteiger charge is 2.16. The Labute approximate surface area is 167 Å². The molecule has 4 rings (SSSR count). The van der Waals surface area contributed by atoms with Crippen molar-refractivity contribution in [2.24, 2.45) is 0 Å². The quantitative estimate of drug-likeness (QED) is 0.373. The second-order valence-electron chi connectivity index (χ2n) is 5.84. The number of nitro benzene ring substituents is 1. The van der Waals surface area contributed by atoms with Crippen molar-refractivity contribution in [3.05, 3.63) is 68.9 Å². The van der Waals surface area contributed by atoms with E-state index in [1.165, 1.54) is 23.6 Å². The average Bonchev–Trinajstić information content (AvgIpc) is 3.38. The molecule has 0 fully saturated rings. The lowest BCUT2D eigenvalue weighted by atomic mass is 10.1. The van der Waals surface area contributed by atoms with Crippen LogP contribution in [-0.4, -0.2) is 16.7 Å². The summed E-state index contributed by atoms with van der Waals surface area (Å²) in [6.45, 7) is 0.176. The molecular weight excluding hydrogens is 399 g/mol. The van der Waals surface area contributed by atoms with E-state index in [2.05, 4.69) is 10.3 Å². The number of fused-ring (bicyclic) bond motifs is 1. The number of ether oxygens (including phenoxy) is 2. The van der Waals surface area contributed by atoms with E-state index in [4.69, 9.17) is 9.47 Å². The van der Waals surface area contributed by atoms with Crippen LogP contribution in [-0.2, 0) is 0 Å². The Balaban J connectivity index is 1.57. The fourth-order valence-corrected chi connectivity index (χ4v) is 3.42. The van der Waals surface area contributed by atoms with Gasteiger partial charge in [0.25, 0.3) is 0 Å². The van der Waals surface area contributed by atoms with E-state index in [-0.39, 0.29) is 18.1 Å². The summed E-state index contributed by atoms with van der Waals surface area (Å²) < 4.78 is 24.1. The summed E-state index contributed by atoms with van der Waals surface area (Å²) >= 11 is 1.27. The molecule has 0 radical (unpaired) electrons. The molecular formula is C19H11FN4O4S. The van der Waals surface area contributed by atoms with Crippen molar-refractivity contribution < 1.29 is 18.8 Å². The van der Waals surface area contributed by atoms with E-state index in [1.807, 2.05) is 18.2 Å². The third-order valence-electron chi connectivity index (χ3n) is 4.05. The maximum atomic E-state index is 13.4. The highest BCUT2D eigenvalue weighted by Crippen LogP contribution is 2.36. The predicted octanol–water partition coefficient (Wildman–Crippen LogP) is 4.56. The lowest BCUT2D eigenvalue weighted by Crippen LogP contribution is -1.96. The van der Waals surface area contributed by atoms with E-state index in [1.54, 1.807) is 11.4 Å². The van der Waals surface area contributed by atoms with Gasteiger partial charge in [-0.2, -0.15) is 9.65 Å². The molecule has 0 bridgehead atoms. The van der Waals surface area contributed by atoms with Crippen LogP contribution in [0.4, 0.5) is 15.8 Å². The van der Waals surface area contributed by atoms with E-state index < -0.39 is 16.4 Å². The molecule has 0 amide bonds. The van der Waals surface area contributed by atoms with Crippen LogP contribution in [0.15, 0.2) is 48.0 Å². The van der Waals surface area contributed by atoms with Crippen LogP contribution in [0.2, 0.25) is 0 Å². The van der Waals surface area contributed by atoms with Gasteiger partial charge in [0.1, 0.15) is 16.6 Å². The zero-order valence-electron chi connectivity index (χ0n) is 14.6. The van der Waals surface area contributed by atoms with Crippen LogP contribution in [0.5, 0.6) is 11.5 Å². The van der Waals surface area contributed by atoms with Crippen LogP contribution in [0.25, 0.3) is 16.8 Å². The first kappa shape index (κ1) is 18.4. The number of nitriles is 1.